The molecule has 0 heterocycles. The average molecular weight is 185 g/mol. The van der Waals surface area contributed by atoms with Gasteiger partial charge in [-0.3, -0.25) is 4.79 Å². The van der Waals surface area contributed by atoms with E-state index < -0.39 is 0 Å². The van der Waals surface area contributed by atoms with Crippen LogP contribution in [-0.4, -0.2) is 18.1 Å². The van der Waals surface area contributed by atoms with Crippen LogP contribution in [0.1, 0.15) is 27.2 Å². The van der Waals surface area contributed by atoms with Gasteiger partial charge in [0.05, 0.1) is 0 Å². The first-order valence-corrected chi connectivity index (χ1v) is 4.40. The average Bonchev–Trinajstić information content (AvgIpc) is 2.65. The minimum Gasteiger partial charge on any atom is -0.462 e. The molecule has 0 aromatic rings. The third-order valence-corrected chi connectivity index (χ3v) is 1.60. The van der Waals surface area contributed by atoms with Crippen molar-refractivity contribution in [3.8, 4) is 0 Å². The standard InChI is InChI=1S/C5H9N.C5H10O2/c1-2-4-3-5(4)6;1-5(2,3)7-4-6/h2,4-5H,1,3,6H2;4H,1-3H3. The Balaban J connectivity index is 0.000000223. The first-order chi connectivity index (χ1) is 5.90. The number of hydrogen-bond donors (Lipinski definition) is 1. The third-order valence-electron chi connectivity index (χ3n) is 1.60. The maximum atomic E-state index is 9.60. The Morgan fingerprint density at radius 1 is 1.54 bits per heavy atom. The Morgan fingerprint density at radius 2 is 2.00 bits per heavy atom. The van der Waals surface area contributed by atoms with Gasteiger partial charge in [-0.2, -0.15) is 0 Å². The zero-order chi connectivity index (χ0) is 10.5. The van der Waals surface area contributed by atoms with Gasteiger partial charge in [0.15, 0.2) is 0 Å². The number of rotatable bonds is 2. The molecule has 0 radical (unpaired) electrons. The molecule has 76 valence electrons. The molecule has 0 aromatic heterocycles. The summed E-state index contributed by atoms with van der Waals surface area (Å²) in [5.74, 6) is 0.644. The Bertz CT molecular complexity index is 172. The molecule has 1 rings (SSSR count). The fourth-order valence-electron chi connectivity index (χ4n) is 0.651. The summed E-state index contributed by atoms with van der Waals surface area (Å²) in [7, 11) is 0. The van der Waals surface area contributed by atoms with Crippen LogP contribution in [-0.2, 0) is 9.53 Å². The highest BCUT2D eigenvalue weighted by Gasteiger charge is 2.29. The normalized spacial score (nSPS) is 25.2. The van der Waals surface area contributed by atoms with Crippen LogP contribution in [0.15, 0.2) is 12.7 Å². The van der Waals surface area contributed by atoms with E-state index in [0.717, 1.165) is 6.42 Å². The van der Waals surface area contributed by atoms with Crippen LogP contribution in [0, 0.1) is 5.92 Å². The highest BCUT2D eigenvalue weighted by molar-refractivity contribution is 5.37. The molecule has 1 saturated carbocycles. The van der Waals surface area contributed by atoms with Gasteiger partial charge in [0.2, 0.25) is 0 Å². The fraction of sp³-hybridized carbons (Fsp3) is 0.700. The lowest BCUT2D eigenvalue weighted by Crippen LogP contribution is -2.17. The van der Waals surface area contributed by atoms with Crippen LogP contribution in [0.3, 0.4) is 0 Å². The molecule has 0 aliphatic heterocycles. The molecule has 3 nitrogen and oxygen atoms in total. The molecule has 0 spiro atoms. The Morgan fingerprint density at radius 3 is 2.00 bits per heavy atom. The molecule has 3 heteroatoms. The second-order valence-corrected chi connectivity index (χ2v) is 4.13. The van der Waals surface area contributed by atoms with Crippen LogP contribution < -0.4 is 5.73 Å². The van der Waals surface area contributed by atoms with Crippen LogP contribution >= 0.6 is 0 Å². The summed E-state index contributed by atoms with van der Waals surface area (Å²) in [6, 6.07) is 0.447. The number of ether oxygens (including phenoxy) is 1. The summed E-state index contributed by atoms with van der Waals surface area (Å²) < 4.78 is 4.55. The largest absolute Gasteiger partial charge is 0.462 e. The van der Waals surface area contributed by atoms with E-state index in [1.54, 1.807) is 0 Å². The monoisotopic (exact) mass is 185 g/mol. The second-order valence-electron chi connectivity index (χ2n) is 4.13. The highest BCUT2D eigenvalue weighted by atomic mass is 16.5. The van der Waals surface area contributed by atoms with Gasteiger partial charge in [-0.1, -0.05) is 6.08 Å². The molecule has 2 atom stereocenters. The molecule has 1 aliphatic rings. The van der Waals surface area contributed by atoms with Gasteiger partial charge in [-0.05, 0) is 33.1 Å². The quantitative estimate of drug-likeness (QED) is 0.523. The molecule has 1 aliphatic carbocycles. The van der Waals surface area contributed by atoms with Gasteiger partial charge in [-0.15, -0.1) is 6.58 Å². The van der Waals surface area contributed by atoms with Crippen molar-refractivity contribution in [1.82, 2.24) is 0 Å². The zero-order valence-corrected chi connectivity index (χ0v) is 8.62. The summed E-state index contributed by atoms with van der Waals surface area (Å²) in [5, 5.41) is 0. The van der Waals surface area contributed by atoms with E-state index in [2.05, 4.69) is 11.3 Å². The van der Waals surface area contributed by atoms with Crippen molar-refractivity contribution in [3.63, 3.8) is 0 Å². The number of hydrogen-bond acceptors (Lipinski definition) is 3. The maximum Gasteiger partial charge on any atom is 0.293 e. The lowest BCUT2D eigenvalue weighted by molar-refractivity contribution is -0.138. The van der Waals surface area contributed by atoms with Crippen LogP contribution in [0.25, 0.3) is 0 Å². The first-order valence-electron chi connectivity index (χ1n) is 4.40. The Hall–Kier alpha value is -0.830. The minimum atomic E-state index is -0.318. The van der Waals surface area contributed by atoms with Crippen LogP contribution in [0.2, 0.25) is 0 Å². The van der Waals surface area contributed by atoms with E-state index in [-0.39, 0.29) is 5.60 Å². The molecule has 0 aromatic carbocycles. The summed E-state index contributed by atoms with van der Waals surface area (Å²) in [5.41, 5.74) is 5.09. The Kier molecular flexibility index (Phi) is 4.70. The summed E-state index contributed by atoms with van der Waals surface area (Å²) in [6.07, 6.45) is 3.08. The first kappa shape index (κ1) is 12.2. The SMILES string of the molecule is C=CC1CC1N.CC(C)(C)OC=O. The summed E-state index contributed by atoms with van der Waals surface area (Å²) in [4.78, 5) is 9.60. The van der Waals surface area contributed by atoms with Crippen molar-refractivity contribution >= 4 is 6.47 Å². The lowest BCUT2D eigenvalue weighted by Gasteiger charge is -2.14. The van der Waals surface area contributed by atoms with Crippen molar-refractivity contribution in [2.75, 3.05) is 0 Å². The van der Waals surface area contributed by atoms with Crippen molar-refractivity contribution < 1.29 is 9.53 Å². The number of nitrogens with two attached hydrogens (primary N) is 1. The van der Waals surface area contributed by atoms with E-state index in [9.17, 15) is 4.79 Å². The van der Waals surface area contributed by atoms with Crippen molar-refractivity contribution in [2.24, 2.45) is 11.7 Å². The van der Waals surface area contributed by atoms with E-state index in [4.69, 9.17) is 5.73 Å². The lowest BCUT2D eigenvalue weighted by atomic mass is 10.2. The molecule has 13 heavy (non-hydrogen) atoms. The topological polar surface area (TPSA) is 52.3 Å². The van der Waals surface area contributed by atoms with Crippen molar-refractivity contribution in [1.29, 1.82) is 0 Å². The van der Waals surface area contributed by atoms with Gasteiger partial charge in [0.25, 0.3) is 6.47 Å². The third kappa shape index (κ3) is 7.53. The van der Waals surface area contributed by atoms with Gasteiger partial charge in [-0.25, -0.2) is 0 Å². The Labute approximate surface area is 79.9 Å². The predicted octanol–water partition coefficient (Wildman–Crippen LogP) is 1.48. The molecule has 2 N–H and O–H groups in total. The summed E-state index contributed by atoms with van der Waals surface area (Å²) in [6.45, 7) is 9.51. The van der Waals surface area contributed by atoms with Crippen molar-refractivity contribution in [2.45, 2.75) is 38.8 Å². The zero-order valence-electron chi connectivity index (χ0n) is 8.62. The molecule has 2 unspecified atom stereocenters. The van der Waals surface area contributed by atoms with Crippen LogP contribution in [0.4, 0.5) is 0 Å². The van der Waals surface area contributed by atoms with Gasteiger partial charge in [0, 0.05) is 6.04 Å². The van der Waals surface area contributed by atoms with E-state index in [1.807, 2.05) is 26.8 Å². The molecule has 0 bridgehead atoms. The second kappa shape index (κ2) is 5.02. The van der Waals surface area contributed by atoms with E-state index in [0.29, 0.717) is 18.4 Å². The fourth-order valence-corrected chi connectivity index (χ4v) is 0.651. The highest BCUT2D eigenvalue weighted by Crippen LogP contribution is 2.27. The minimum absolute atomic E-state index is 0.318. The number of carbonyl (C=O) groups is 1. The van der Waals surface area contributed by atoms with E-state index in [1.165, 1.54) is 0 Å². The predicted molar refractivity (Wildman–Crippen MR) is 53.2 cm³/mol. The van der Waals surface area contributed by atoms with Gasteiger partial charge in [0.1, 0.15) is 5.60 Å². The van der Waals surface area contributed by atoms with Crippen molar-refractivity contribution in [3.05, 3.63) is 12.7 Å². The molecule has 0 saturated heterocycles. The molecule has 0 amide bonds. The summed E-state index contributed by atoms with van der Waals surface area (Å²) >= 11 is 0. The van der Waals surface area contributed by atoms with Gasteiger partial charge >= 0.3 is 0 Å². The molecular formula is C10H19NO2. The smallest absolute Gasteiger partial charge is 0.293 e. The molecule has 1 fully saturated rings. The number of carbonyl (C=O) groups excluding carboxylic acids is 1. The van der Waals surface area contributed by atoms with E-state index >= 15 is 0 Å². The molecular weight excluding hydrogens is 166 g/mol. The van der Waals surface area contributed by atoms with Gasteiger partial charge < -0.3 is 10.5 Å². The maximum absolute atomic E-state index is 9.60. The van der Waals surface area contributed by atoms with Crippen LogP contribution in [0.5, 0.6) is 0 Å².